The number of aryl methyl sites for hydroxylation is 1. The minimum absolute atomic E-state index is 0.151. The van der Waals surface area contributed by atoms with Crippen molar-refractivity contribution in [3.63, 3.8) is 0 Å². The molecule has 2 aromatic heterocycles. The van der Waals surface area contributed by atoms with Gasteiger partial charge in [0, 0.05) is 13.2 Å². The molecule has 2 aromatic rings. The summed E-state index contributed by atoms with van der Waals surface area (Å²) in [5.41, 5.74) is 5.93. The average Bonchev–Trinajstić information content (AvgIpc) is 2.95. The van der Waals surface area contributed by atoms with Crippen LogP contribution in [0.2, 0.25) is 0 Å². The van der Waals surface area contributed by atoms with Gasteiger partial charge in [-0.15, -0.1) is 11.8 Å². The average molecular weight is 296 g/mol. The summed E-state index contributed by atoms with van der Waals surface area (Å²) in [5.74, 6) is -0.595. The van der Waals surface area contributed by atoms with E-state index in [1.165, 1.54) is 23.1 Å². The van der Waals surface area contributed by atoms with Gasteiger partial charge in [-0.05, 0) is 12.1 Å². The van der Waals surface area contributed by atoms with E-state index in [0.29, 0.717) is 10.8 Å². The number of hydrogen-bond donors (Lipinski definition) is 2. The summed E-state index contributed by atoms with van der Waals surface area (Å²) in [7, 11) is 1.74. The van der Waals surface area contributed by atoms with Crippen LogP contribution in [0.4, 0.5) is 5.13 Å². The number of aromatic nitrogens is 2. The van der Waals surface area contributed by atoms with Crippen LogP contribution >= 0.6 is 23.1 Å². The Hall–Kier alpha value is -1.80. The lowest BCUT2D eigenvalue weighted by molar-refractivity contribution is -0.117. The first kappa shape index (κ1) is 13.6. The number of nitrogens with one attached hydrogen (secondary N) is 1. The lowest BCUT2D eigenvalue weighted by Gasteiger charge is -2.04. The highest BCUT2D eigenvalue weighted by Crippen LogP contribution is 2.25. The Morgan fingerprint density at radius 1 is 1.58 bits per heavy atom. The molecule has 0 fully saturated rings. The molecule has 0 aliphatic carbocycles. The Balaban J connectivity index is 1.85. The van der Waals surface area contributed by atoms with Gasteiger partial charge >= 0.3 is 0 Å². The van der Waals surface area contributed by atoms with Gasteiger partial charge in [0.2, 0.25) is 5.91 Å². The molecule has 0 bridgehead atoms. The highest BCUT2D eigenvalue weighted by molar-refractivity contribution is 8.01. The molecule has 0 saturated carbocycles. The van der Waals surface area contributed by atoms with Gasteiger partial charge in [-0.25, -0.2) is 4.98 Å². The lowest BCUT2D eigenvalue weighted by atomic mass is 10.4. The number of rotatable bonds is 4. The van der Waals surface area contributed by atoms with Gasteiger partial charge < -0.3 is 10.3 Å². The van der Waals surface area contributed by atoms with Crippen LogP contribution in [-0.2, 0) is 11.8 Å². The Bertz CT molecular complexity index is 605. The van der Waals surface area contributed by atoms with Crippen LogP contribution in [0.15, 0.2) is 28.7 Å². The van der Waals surface area contributed by atoms with Crippen LogP contribution in [0.1, 0.15) is 10.5 Å². The second-order valence-electron chi connectivity index (χ2n) is 3.69. The minimum atomic E-state index is -0.401. The largest absolute Gasteiger partial charge is 0.375 e. The number of carbonyl (C=O) groups is 2. The van der Waals surface area contributed by atoms with Crippen LogP contribution < -0.4 is 11.1 Å². The normalized spacial score (nSPS) is 10.4. The second kappa shape index (κ2) is 5.89. The van der Waals surface area contributed by atoms with Crippen molar-refractivity contribution in [2.75, 3.05) is 11.5 Å². The first-order chi connectivity index (χ1) is 9.06. The number of amides is 2. The molecule has 2 amide bonds. The van der Waals surface area contributed by atoms with Crippen LogP contribution in [0.25, 0.3) is 0 Å². The molecule has 0 saturated heterocycles. The van der Waals surface area contributed by atoms with Crippen molar-refractivity contribution in [1.29, 1.82) is 0 Å². The molecule has 0 radical (unpaired) electrons. The molecule has 0 aromatic carbocycles. The van der Waals surface area contributed by atoms with E-state index in [1.807, 2.05) is 0 Å². The third kappa shape index (κ3) is 3.58. The number of nitrogens with two attached hydrogens (primary N) is 1. The third-order valence-corrected chi connectivity index (χ3v) is 4.30. The maximum atomic E-state index is 11.8. The molecule has 0 spiro atoms. The van der Waals surface area contributed by atoms with Crippen molar-refractivity contribution >= 4 is 40.0 Å². The predicted molar refractivity (Wildman–Crippen MR) is 75.1 cm³/mol. The fourth-order valence-electron chi connectivity index (χ4n) is 1.40. The molecule has 2 rings (SSSR count). The number of nitrogen functional groups attached to an aromatic ring is 1. The summed E-state index contributed by atoms with van der Waals surface area (Å²) in [5, 5.41) is 2.79. The summed E-state index contributed by atoms with van der Waals surface area (Å²) in [6.07, 6.45) is 3.35. The summed E-state index contributed by atoms with van der Waals surface area (Å²) in [6, 6.07) is 3.40. The summed E-state index contributed by atoms with van der Waals surface area (Å²) in [4.78, 5) is 27.3. The second-order valence-corrected chi connectivity index (χ2v) is 6.03. The Morgan fingerprint density at radius 3 is 2.95 bits per heavy atom. The van der Waals surface area contributed by atoms with Crippen molar-refractivity contribution < 1.29 is 9.59 Å². The van der Waals surface area contributed by atoms with Gasteiger partial charge in [0.05, 0.1) is 16.2 Å². The maximum absolute atomic E-state index is 11.8. The van der Waals surface area contributed by atoms with Crippen LogP contribution in [0, 0.1) is 0 Å². The molecular weight excluding hydrogens is 284 g/mol. The van der Waals surface area contributed by atoms with E-state index >= 15 is 0 Å². The van der Waals surface area contributed by atoms with Crippen molar-refractivity contribution in [2.45, 2.75) is 4.21 Å². The Morgan fingerprint density at radius 2 is 2.37 bits per heavy atom. The van der Waals surface area contributed by atoms with Gasteiger partial charge in [0.15, 0.2) is 5.13 Å². The summed E-state index contributed by atoms with van der Waals surface area (Å²) >= 11 is 2.61. The molecule has 0 aliphatic rings. The zero-order chi connectivity index (χ0) is 13.8. The molecular formula is C11H12N4O2S2. The Kier molecular flexibility index (Phi) is 4.23. The van der Waals surface area contributed by atoms with Crippen molar-refractivity contribution in [2.24, 2.45) is 7.05 Å². The monoisotopic (exact) mass is 296 g/mol. The first-order valence-electron chi connectivity index (χ1n) is 5.36. The SMILES string of the molecule is Cn1cccc1C(=O)NC(=O)CSc1cnc(N)s1. The third-order valence-electron chi connectivity index (χ3n) is 2.28. The van der Waals surface area contributed by atoms with E-state index in [-0.39, 0.29) is 11.7 Å². The first-order valence-corrected chi connectivity index (χ1v) is 7.16. The van der Waals surface area contributed by atoms with Gasteiger partial charge in [0.25, 0.3) is 5.91 Å². The van der Waals surface area contributed by atoms with Gasteiger partial charge in [-0.3, -0.25) is 14.9 Å². The molecule has 8 heteroatoms. The fourth-order valence-corrected chi connectivity index (χ4v) is 2.96. The lowest BCUT2D eigenvalue weighted by Crippen LogP contribution is -2.32. The smallest absolute Gasteiger partial charge is 0.274 e. The highest BCUT2D eigenvalue weighted by Gasteiger charge is 2.13. The highest BCUT2D eigenvalue weighted by atomic mass is 32.2. The number of anilines is 1. The molecule has 2 heterocycles. The van der Waals surface area contributed by atoms with Gasteiger partial charge in [-0.2, -0.15) is 0 Å². The molecule has 0 unspecified atom stereocenters. The zero-order valence-electron chi connectivity index (χ0n) is 10.1. The van der Waals surface area contributed by atoms with Crippen molar-refractivity contribution in [3.05, 3.63) is 30.2 Å². The molecule has 19 heavy (non-hydrogen) atoms. The van der Waals surface area contributed by atoms with Crippen LogP contribution in [0.3, 0.4) is 0 Å². The van der Waals surface area contributed by atoms with Crippen LogP contribution in [-0.4, -0.2) is 27.1 Å². The number of thioether (sulfide) groups is 1. The molecule has 100 valence electrons. The Labute approximate surface area is 118 Å². The molecule has 6 nitrogen and oxygen atoms in total. The van der Waals surface area contributed by atoms with E-state index in [2.05, 4.69) is 10.3 Å². The number of carbonyl (C=O) groups excluding carboxylic acids is 2. The van der Waals surface area contributed by atoms with E-state index in [9.17, 15) is 9.59 Å². The van der Waals surface area contributed by atoms with Gasteiger partial charge in [0.1, 0.15) is 5.69 Å². The summed E-state index contributed by atoms with van der Waals surface area (Å²) < 4.78 is 2.50. The molecule has 0 atom stereocenters. The quantitative estimate of drug-likeness (QED) is 0.825. The number of hydrogen-bond acceptors (Lipinski definition) is 6. The van der Waals surface area contributed by atoms with Crippen molar-refractivity contribution in [1.82, 2.24) is 14.9 Å². The number of thiazole rings is 1. The number of nitrogens with zero attached hydrogens (tertiary/aromatic N) is 2. The van der Waals surface area contributed by atoms with E-state index in [1.54, 1.807) is 36.1 Å². The number of imide groups is 1. The minimum Gasteiger partial charge on any atom is -0.375 e. The predicted octanol–water partition coefficient (Wildman–Crippen LogP) is 1.11. The van der Waals surface area contributed by atoms with Crippen molar-refractivity contribution in [3.8, 4) is 0 Å². The molecule has 0 aliphatic heterocycles. The maximum Gasteiger partial charge on any atom is 0.274 e. The molecule has 3 N–H and O–H groups in total. The summed E-state index contributed by atoms with van der Waals surface area (Å²) in [6.45, 7) is 0. The van der Waals surface area contributed by atoms with Gasteiger partial charge in [-0.1, -0.05) is 11.3 Å². The van der Waals surface area contributed by atoms with Crippen LogP contribution in [0.5, 0.6) is 0 Å². The van der Waals surface area contributed by atoms with E-state index in [0.717, 1.165) is 4.21 Å². The fraction of sp³-hybridized carbons (Fsp3) is 0.182. The topological polar surface area (TPSA) is 90.0 Å². The zero-order valence-corrected chi connectivity index (χ0v) is 11.8. The van der Waals surface area contributed by atoms with E-state index < -0.39 is 5.91 Å². The van der Waals surface area contributed by atoms with E-state index in [4.69, 9.17) is 5.73 Å². The standard InChI is InChI=1S/C11H12N4O2S2/c1-15-4-2-3-7(15)10(17)14-8(16)6-18-9-5-13-11(12)19-9/h2-5H,6H2,1H3,(H2,12,13)(H,14,16,17).